The molecule has 2 rings (SSSR count). The number of alkyl halides is 1. The molecule has 0 nitrogen and oxygen atoms in total. The van der Waals surface area contributed by atoms with Crippen LogP contribution in [0.25, 0.3) is 0 Å². The van der Waals surface area contributed by atoms with Crippen LogP contribution in [-0.2, 0) is 0 Å². The molecule has 2 aromatic carbocycles. The smallest absolute Gasteiger partial charge is 0.137 e. The second kappa shape index (κ2) is 5.91. The highest BCUT2D eigenvalue weighted by Gasteiger charge is 2.18. The zero-order chi connectivity index (χ0) is 13.3. The largest absolute Gasteiger partial charge is 0.206 e. The molecule has 0 N–H and O–H groups in total. The molecule has 2 aromatic rings. The second-order valence-corrected chi connectivity index (χ2v) is 6.22. The summed E-state index contributed by atoms with van der Waals surface area (Å²) in [6.45, 7) is 0. The molecular formula is C13H7Br2Cl2F. The average Bonchev–Trinajstić information content (AvgIpc) is 2.32. The summed E-state index contributed by atoms with van der Waals surface area (Å²) in [5, 5.41) is 1.11. The fraction of sp³-hybridized carbons (Fsp3) is 0.0769. The lowest BCUT2D eigenvalue weighted by atomic mass is 10.0. The predicted octanol–water partition coefficient (Wildman–Crippen LogP) is 6.38. The first-order chi connectivity index (χ1) is 8.50. The van der Waals surface area contributed by atoms with Crippen LogP contribution >= 0.6 is 55.1 Å². The molecule has 0 saturated carbocycles. The lowest BCUT2D eigenvalue weighted by Gasteiger charge is -2.14. The van der Waals surface area contributed by atoms with Crippen molar-refractivity contribution in [2.45, 2.75) is 4.83 Å². The second-order valence-electron chi connectivity index (χ2n) is 3.67. The fourth-order valence-electron chi connectivity index (χ4n) is 1.59. The standard InChI is InChI=1S/C13H7Br2Cl2F/c14-12(8-5-4-7(16)6-10(8)17)9-2-1-3-11(18)13(9)15/h1-6,12H. The lowest BCUT2D eigenvalue weighted by Crippen LogP contribution is -1.96. The van der Waals surface area contributed by atoms with Crippen molar-refractivity contribution in [1.82, 2.24) is 0 Å². The van der Waals surface area contributed by atoms with Crippen molar-refractivity contribution >= 4 is 55.1 Å². The highest BCUT2D eigenvalue weighted by Crippen LogP contribution is 2.39. The van der Waals surface area contributed by atoms with Gasteiger partial charge in [0.25, 0.3) is 0 Å². The van der Waals surface area contributed by atoms with Gasteiger partial charge in [-0.2, -0.15) is 0 Å². The molecule has 5 heteroatoms. The Bertz CT molecular complexity index is 587. The van der Waals surface area contributed by atoms with Crippen molar-refractivity contribution in [3.8, 4) is 0 Å². The molecule has 0 heterocycles. The van der Waals surface area contributed by atoms with Crippen molar-refractivity contribution in [3.05, 3.63) is 67.9 Å². The first-order valence-electron chi connectivity index (χ1n) is 5.03. The first-order valence-corrected chi connectivity index (χ1v) is 7.50. The summed E-state index contributed by atoms with van der Waals surface area (Å²) in [5.41, 5.74) is 1.62. The van der Waals surface area contributed by atoms with E-state index in [0.29, 0.717) is 14.5 Å². The van der Waals surface area contributed by atoms with E-state index in [-0.39, 0.29) is 10.6 Å². The molecule has 0 aliphatic carbocycles. The van der Waals surface area contributed by atoms with E-state index >= 15 is 0 Å². The van der Waals surface area contributed by atoms with Crippen LogP contribution < -0.4 is 0 Å². The number of halogens is 5. The van der Waals surface area contributed by atoms with Gasteiger partial charge in [-0.25, -0.2) is 4.39 Å². The molecule has 1 atom stereocenters. The summed E-state index contributed by atoms with van der Waals surface area (Å²) >= 11 is 18.8. The van der Waals surface area contributed by atoms with E-state index in [4.69, 9.17) is 23.2 Å². The van der Waals surface area contributed by atoms with Crippen molar-refractivity contribution in [2.24, 2.45) is 0 Å². The SMILES string of the molecule is Fc1cccc(C(Br)c2ccc(Cl)cc2Cl)c1Br. The molecule has 0 aromatic heterocycles. The van der Waals surface area contributed by atoms with E-state index in [1.807, 2.05) is 12.1 Å². The van der Waals surface area contributed by atoms with E-state index in [0.717, 1.165) is 11.1 Å². The Morgan fingerprint density at radius 2 is 1.78 bits per heavy atom. The molecule has 18 heavy (non-hydrogen) atoms. The molecule has 0 bridgehead atoms. The van der Waals surface area contributed by atoms with Crippen LogP contribution in [0.5, 0.6) is 0 Å². The van der Waals surface area contributed by atoms with Gasteiger partial charge >= 0.3 is 0 Å². The molecular weight excluding hydrogens is 406 g/mol. The van der Waals surface area contributed by atoms with Crippen LogP contribution in [0, 0.1) is 5.82 Å². The van der Waals surface area contributed by atoms with Gasteiger partial charge < -0.3 is 0 Å². The van der Waals surface area contributed by atoms with Crippen LogP contribution in [0.2, 0.25) is 10.0 Å². The van der Waals surface area contributed by atoms with Crippen molar-refractivity contribution in [1.29, 1.82) is 0 Å². The molecule has 0 saturated heterocycles. The molecule has 0 radical (unpaired) electrons. The summed E-state index contributed by atoms with van der Waals surface area (Å²) in [6.07, 6.45) is 0. The first kappa shape index (κ1) is 14.3. The highest BCUT2D eigenvalue weighted by atomic mass is 79.9. The monoisotopic (exact) mass is 410 g/mol. The van der Waals surface area contributed by atoms with Gasteiger partial charge in [0.15, 0.2) is 0 Å². The quantitative estimate of drug-likeness (QED) is 0.502. The predicted molar refractivity (Wildman–Crippen MR) is 81.3 cm³/mol. The summed E-state index contributed by atoms with van der Waals surface area (Å²) in [5.74, 6) is -0.304. The Balaban J connectivity index is 2.48. The van der Waals surface area contributed by atoms with Gasteiger partial charge in [0.2, 0.25) is 0 Å². The van der Waals surface area contributed by atoms with E-state index in [1.54, 1.807) is 18.2 Å². The minimum Gasteiger partial charge on any atom is -0.206 e. The van der Waals surface area contributed by atoms with Gasteiger partial charge in [0, 0.05) is 10.0 Å². The number of rotatable bonds is 2. The van der Waals surface area contributed by atoms with E-state index in [9.17, 15) is 4.39 Å². The topological polar surface area (TPSA) is 0 Å². The zero-order valence-electron chi connectivity index (χ0n) is 8.93. The Labute approximate surface area is 131 Å². The van der Waals surface area contributed by atoms with Gasteiger partial charge in [0.1, 0.15) is 5.82 Å². The van der Waals surface area contributed by atoms with Crippen LogP contribution in [0.1, 0.15) is 16.0 Å². The highest BCUT2D eigenvalue weighted by molar-refractivity contribution is 9.11. The van der Waals surface area contributed by atoms with Gasteiger partial charge in [-0.3, -0.25) is 0 Å². The third kappa shape index (κ3) is 2.90. The molecule has 94 valence electrons. The van der Waals surface area contributed by atoms with Crippen molar-refractivity contribution < 1.29 is 4.39 Å². The van der Waals surface area contributed by atoms with Crippen molar-refractivity contribution in [2.75, 3.05) is 0 Å². The fourth-order valence-corrected chi connectivity index (χ4v) is 3.82. The summed E-state index contributed by atoms with van der Waals surface area (Å²) < 4.78 is 13.9. The Hall–Kier alpha value is -0.0900. The average molecular weight is 413 g/mol. The minimum atomic E-state index is -0.304. The number of hydrogen-bond acceptors (Lipinski definition) is 0. The van der Waals surface area contributed by atoms with E-state index in [2.05, 4.69) is 31.9 Å². The third-order valence-corrected chi connectivity index (χ3v) is 4.88. The van der Waals surface area contributed by atoms with Crippen LogP contribution in [0.4, 0.5) is 4.39 Å². The normalized spacial score (nSPS) is 12.5. The Morgan fingerprint density at radius 1 is 1.06 bits per heavy atom. The maximum Gasteiger partial charge on any atom is 0.137 e. The zero-order valence-corrected chi connectivity index (χ0v) is 13.6. The molecule has 1 unspecified atom stereocenters. The third-order valence-electron chi connectivity index (χ3n) is 2.49. The van der Waals surface area contributed by atoms with Gasteiger partial charge in [-0.05, 0) is 45.3 Å². The van der Waals surface area contributed by atoms with Gasteiger partial charge in [0.05, 0.1) is 9.30 Å². The maximum absolute atomic E-state index is 13.5. The molecule has 0 aliphatic rings. The minimum absolute atomic E-state index is 0.202. The summed E-state index contributed by atoms with van der Waals surface area (Å²) in [6, 6.07) is 10.1. The van der Waals surface area contributed by atoms with Crippen LogP contribution in [-0.4, -0.2) is 0 Å². The van der Waals surface area contributed by atoms with Crippen molar-refractivity contribution in [3.63, 3.8) is 0 Å². The molecule has 0 fully saturated rings. The number of benzene rings is 2. The van der Waals surface area contributed by atoms with Gasteiger partial charge in [-0.1, -0.05) is 57.3 Å². The van der Waals surface area contributed by atoms with E-state index in [1.165, 1.54) is 6.07 Å². The molecule has 0 aliphatic heterocycles. The molecule has 0 amide bonds. The van der Waals surface area contributed by atoms with Gasteiger partial charge in [-0.15, -0.1) is 0 Å². The maximum atomic E-state index is 13.5. The summed E-state index contributed by atoms with van der Waals surface area (Å²) in [4.78, 5) is -0.202. The molecule has 0 spiro atoms. The van der Waals surface area contributed by atoms with Crippen LogP contribution in [0.15, 0.2) is 40.9 Å². The Kier molecular flexibility index (Phi) is 4.70. The lowest BCUT2D eigenvalue weighted by molar-refractivity contribution is 0.619. The summed E-state index contributed by atoms with van der Waals surface area (Å²) in [7, 11) is 0. The Morgan fingerprint density at radius 3 is 2.44 bits per heavy atom. The van der Waals surface area contributed by atoms with Crippen LogP contribution in [0.3, 0.4) is 0 Å². The number of hydrogen-bond donors (Lipinski definition) is 0. The van der Waals surface area contributed by atoms with E-state index < -0.39 is 0 Å².